The van der Waals surface area contributed by atoms with Crippen molar-refractivity contribution in [3.05, 3.63) is 24.0 Å². The van der Waals surface area contributed by atoms with Crippen molar-refractivity contribution in [1.29, 1.82) is 0 Å². The van der Waals surface area contributed by atoms with Gasteiger partial charge in [-0.1, -0.05) is 0 Å². The van der Waals surface area contributed by atoms with E-state index in [1.165, 1.54) is 0 Å². The van der Waals surface area contributed by atoms with Crippen molar-refractivity contribution in [3.8, 4) is 0 Å². The maximum absolute atomic E-state index is 11.8. The quantitative estimate of drug-likeness (QED) is 0.768. The zero-order chi connectivity index (χ0) is 15.2. The normalized spacial score (nSPS) is 13.6. The molecule has 2 rings (SSSR count). The molecule has 1 fully saturated rings. The Hall–Kier alpha value is -2.11. The molecule has 0 unspecified atom stereocenters. The molecule has 114 valence electrons. The van der Waals surface area contributed by atoms with Crippen LogP contribution in [0.15, 0.2) is 18.3 Å². The van der Waals surface area contributed by atoms with Crippen molar-refractivity contribution in [3.63, 3.8) is 0 Å². The van der Waals surface area contributed by atoms with Crippen molar-refractivity contribution < 1.29 is 14.3 Å². The molecule has 6 nitrogen and oxygen atoms in total. The Labute approximate surface area is 124 Å². The topological polar surface area (TPSA) is 71.5 Å². The number of esters is 1. The first-order chi connectivity index (χ1) is 10.2. The summed E-state index contributed by atoms with van der Waals surface area (Å²) in [7, 11) is 0. The van der Waals surface area contributed by atoms with Crippen LogP contribution in [0.2, 0.25) is 0 Å². The second kappa shape index (κ2) is 7.06. The molecule has 0 bridgehead atoms. The van der Waals surface area contributed by atoms with Gasteiger partial charge in [-0.25, -0.2) is 0 Å². The minimum absolute atomic E-state index is 0.203. The number of nitrogens with zero attached hydrogens (tertiary/aromatic N) is 2. The van der Waals surface area contributed by atoms with E-state index in [9.17, 15) is 9.59 Å². The van der Waals surface area contributed by atoms with Crippen LogP contribution in [-0.4, -0.2) is 42.6 Å². The third kappa shape index (κ3) is 4.18. The van der Waals surface area contributed by atoms with Crippen LogP contribution in [-0.2, 0) is 9.53 Å². The molecule has 1 heterocycles. The molecule has 0 aliphatic heterocycles. The number of carbonyl (C=O) groups excluding carboxylic acids is 2. The molecule has 1 aromatic heterocycles. The zero-order valence-electron chi connectivity index (χ0n) is 12.5. The summed E-state index contributed by atoms with van der Waals surface area (Å²) < 4.78 is 5.01. The number of aromatic nitrogens is 1. The lowest BCUT2D eigenvalue weighted by atomic mass is 10.2. The molecule has 0 radical (unpaired) electrons. The second-order valence-corrected chi connectivity index (χ2v) is 4.92. The highest BCUT2D eigenvalue weighted by atomic mass is 16.5. The summed E-state index contributed by atoms with van der Waals surface area (Å²) in [4.78, 5) is 29.6. The smallest absolute Gasteiger partial charge is 0.325 e. The van der Waals surface area contributed by atoms with Crippen LogP contribution in [0.5, 0.6) is 0 Å². The van der Waals surface area contributed by atoms with Crippen molar-refractivity contribution in [1.82, 2.24) is 10.3 Å². The molecule has 0 spiro atoms. The van der Waals surface area contributed by atoms with E-state index in [2.05, 4.69) is 10.3 Å². The van der Waals surface area contributed by atoms with Crippen molar-refractivity contribution in [2.45, 2.75) is 32.7 Å². The van der Waals surface area contributed by atoms with Gasteiger partial charge in [-0.05, 0) is 38.8 Å². The largest absolute Gasteiger partial charge is 0.465 e. The average molecular weight is 291 g/mol. The highest BCUT2D eigenvalue weighted by Gasteiger charge is 2.31. The number of nitrogens with one attached hydrogen (secondary N) is 1. The first-order valence-corrected chi connectivity index (χ1v) is 7.32. The molecule has 0 aromatic carbocycles. The van der Waals surface area contributed by atoms with Gasteiger partial charge in [0.15, 0.2) is 0 Å². The number of pyridine rings is 1. The summed E-state index contributed by atoms with van der Waals surface area (Å²) in [6, 6.07) is 3.89. The van der Waals surface area contributed by atoms with Gasteiger partial charge in [0, 0.05) is 24.5 Å². The summed E-state index contributed by atoms with van der Waals surface area (Å²) in [5, 5.41) is 2.72. The minimum atomic E-state index is -0.249. The third-order valence-electron chi connectivity index (χ3n) is 3.24. The Morgan fingerprint density at radius 2 is 2.19 bits per heavy atom. The number of hydrogen-bond donors (Lipinski definition) is 1. The number of amides is 1. The minimum Gasteiger partial charge on any atom is -0.465 e. The van der Waals surface area contributed by atoms with Crippen LogP contribution in [0, 0.1) is 0 Å². The summed E-state index contributed by atoms with van der Waals surface area (Å²) in [5.41, 5.74) is 1.20. The molecule has 0 saturated heterocycles. The molecule has 1 amide bonds. The molecule has 1 N–H and O–H groups in total. The molecule has 1 aliphatic carbocycles. The molecule has 1 aromatic rings. The summed E-state index contributed by atoms with van der Waals surface area (Å²) >= 11 is 0. The van der Waals surface area contributed by atoms with E-state index in [1.807, 2.05) is 17.9 Å². The van der Waals surface area contributed by atoms with E-state index in [0.717, 1.165) is 18.5 Å². The number of hydrogen-bond acceptors (Lipinski definition) is 5. The van der Waals surface area contributed by atoms with Crippen molar-refractivity contribution >= 4 is 17.6 Å². The standard InChI is InChI=1S/C15H21N3O3/c1-3-16-15(20)13-9-12(7-8-17-13)18(11-5-6-11)10-14(19)21-4-2/h7-9,11H,3-6,10H2,1-2H3,(H,16,20). The summed E-state index contributed by atoms with van der Waals surface area (Å²) in [6.45, 7) is 4.78. The maximum Gasteiger partial charge on any atom is 0.325 e. The van der Waals surface area contributed by atoms with Gasteiger partial charge in [0.05, 0.1) is 6.61 Å². The van der Waals surface area contributed by atoms with Gasteiger partial charge < -0.3 is 15.0 Å². The van der Waals surface area contributed by atoms with Gasteiger partial charge in [-0.15, -0.1) is 0 Å². The van der Waals surface area contributed by atoms with Gasteiger partial charge in [0.25, 0.3) is 5.91 Å². The van der Waals surface area contributed by atoms with Crippen LogP contribution in [0.25, 0.3) is 0 Å². The molecule has 0 atom stereocenters. The predicted molar refractivity (Wildman–Crippen MR) is 79.2 cm³/mol. The monoisotopic (exact) mass is 291 g/mol. The lowest BCUT2D eigenvalue weighted by Gasteiger charge is -2.23. The fourth-order valence-electron chi connectivity index (χ4n) is 2.14. The lowest BCUT2D eigenvalue weighted by molar-refractivity contribution is -0.141. The van der Waals surface area contributed by atoms with E-state index in [0.29, 0.717) is 24.9 Å². The van der Waals surface area contributed by atoms with Crippen LogP contribution < -0.4 is 10.2 Å². The number of carbonyl (C=O) groups is 2. The van der Waals surface area contributed by atoms with Gasteiger partial charge >= 0.3 is 5.97 Å². The summed E-state index contributed by atoms with van der Waals surface area (Å²) in [5.74, 6) is -0.452. The van der Waals surface area contributed by atoms with Gasteiger partial charge in [-0.2, -0.15) is 0 Å². The average Bonchev–Trinajstić information content (AvgIpc) is 3.30. The summed E-state index contributed by atoms with van der Waals surface area (Å²) in [6.07, 6.45) is 3.71. The van der Waals surface area contributed by atoms with Gasteiger partial charge in [0.1, 0.15) is 12.2 Å². The van der Waals surface area contributed by atoms with Crippen molar-refractivity contribution in [2.75, 3.05) is 24.6 Å². The molecule has 1 aliphatic rings. The predicted octanol–water partition coefficient (Wildman–Crippen LogP) is 1.36. The van der Waals surface area contributed by atoms with Crippen molar-refractivity contribution in [2.24, 2.45) is 0 Å². The van der Waals surface area contributed by atoms with E-state index < -0.39 is 0 Å². The lowest BCUT2D eigenvalue weighted by Crippen LogP contribution is -2.33. The zero-order valence-corrected chi connectivity index (χ0v) is 12.5. The van der Waals surface area contributed by atoms with Crippen LogP contribution >= 0.6 is 0 Å². The second-order valence-electron chi connectivity index (χ2n) is 4.92. The van der Waals surface area contributed by atoms with Crippen LogP contribution in [0.3, 0.4) is 0 Å². The first kappa shape index (κ1) is 15.3. The maximum atomic E-state index is 11.8. The number of anilines is 1. The van der Waals surface area contributed by atoms with E-state index in [1.54, 1.807) is 19.2 Å². The number of rotatable bonds is 7. The van der Waals surface area contributed by atoms with Crippen LogP contribution in [0.1, 0.15) is 37.2 Å². The molecule has 21 heavy (non-hydrogen) atoms. The van der Waals surface area contributed by atoms with Gasteiger partial charge in [-0.3, -0.25) is 14.6 Å². The number of ether oxygens (including phenoxy) is 1. The fourth-order valence-corrected chi connectivity index (χ4v) is 2.14. The first-order valence-electron chi connectivity index (χ1n) is 7.32. The van der Waals surface area contributed by atoms with Crippen LogP contribution in [0.4, 0.5) is 5.69 Å². The Kier molecular flexibility index (Phi) is 5.14. The third-order valence-corrected chi connectivity index (χ3v) is 3.24. The Balaban J connectivity index is 2.14. The highest BCUT2D eigenvalue weighted by molar-refractivity contribution is 5.93. The Morgan fingerprint density at radius 1 is 1.43 bits per heavy atom. The Bertz CT molecular complexity index is 515. The molecule has 1 saturated carbocycles. The van der Waals surface area contributed by atoms with E-state index in [4.69, 9.17) is 4.74 Å². The SMILES string of the molecule is CCNC(=O)c1cc(N(CC(=O)OCC)C2CC2)ccn1. The van der Waals surface area contributed by atoms with E-state index in [-0.39, 0.29) is 18.4 Å². The molecular formula is C15H21N3O3. The highest BCUT2D eigenvalue weighted by Crippen LogP contribution is 2.31. The fraction of sp³-hybridized carbons (Fsp3) is 0.533. The molecular weight excluding hydrogens is 270 g/mol. The van der Waals surface area contributed by atoms with Gasteiger partial charge in [0.2, 0.25) is 0 Å². The van der Waals surface area contributed by atoms with E-state index >= 15 is 0 Å². The Morgan fingerprint density at radius 3 is 2.81 bits per heavy atom. The molecule has 6 heteroatoms.